The number of H-pyrrole nitrogens is 2. The van der Waals surface area contributed by atoms with Gasteiger partial charge in [0.15, 0.2) is 5.88 Å². The van der Waals surface area contributed by atoms with Gasteiger partial charge in [0.2, 0.25) is 0 Å². The lowest BCUT2D eigenvalue weighted by Crippen LogP contribution is -2.39. The monoisotopic (exact) mass is 468 g/mol. The van der Waals surface area contributed by atoms with Gasteiger partial charge in [-0.2, -0.15) is 0 Å². The van der Waals surface area contributed by atoms with Crippen molar-refractivity contribution in [2.45, 2.75) is 38.7 Å². The number of halogens is 1. The number of carbonyl (C=O) groups is 1. The molecule has 1 fully saturated rings. The molecule has 8 heteroatoms. The summed E-state index contributed by atoms with van der Waals surface area (Å²) in [6.45, 7) is 4.71. The number of aromatic amines is 2. The van der Waals surface area contributed by atoms with Crippen molar-refractivity contribution in [3.8, 4) is 5.88 Å². The van der Waals surface area contributed by atoms with E-state index >= 15 is 0 Å². The number of rotatable bonds is 6. The number of aliphatic hydroxyl groups excluding tert-OH is 1. The van der Waals surface area contributed by atoms with E-state index in [2.05, 4.69) is 26.3 Å². The molecule has 5 rings (SSSR count). The summed E-state index contributed by atoms with van der Waals surface area (Å²) in [5.74, 6) is -0.104. The Morgan fingerprint density at radius 1 is 1.27 bits per heavy atom. The number of aromatic nitrogens is 2. The van der Waals surface area contributed by atoms with Gasteiger partial charge in [0.05, 0.1) is 22.9 Å². The van der Waals surface area contributed by atoms with Gasteiger partial charge < -0.3 is 30.4 Å². The molecule has 1 atom stereocenters. The van der Waals surface area contributed by atoms with E-state index in [4.69, 9.17) is 11.6 Å². The molecule has 0 bridgehead atoms. The van der Waals surface area contributed by atoms with Gasteiger partial charge in [-0.15, -0.1) is 0 Å². The van der Waals surface area contributed by atoms with Crippen molar-refractivity contribution < 1.29 is 15.0 Å². The third-order valence-electron chi connectivity index (χ3n) is 6.71. The number of hydrogen-bond donors (Lipinski definition) is 5. The Hall–Kier alpha value is -2.74. The van der Waals surface area contributed by atoms with Gasteiger partial charge in [-0.05, 0) is 69.5 Å². The van der Waals surface area contributed by atoms with Crippen LogP contribution in [0.15, 0.2) is 24.3 Å². The van der Waals surface area contributed by atoms with E-state index in [1.165, 1.54) is 12.8 Å². The number of likely N-dealkylation sites (tertiary alicyclic amines) is 1. The Morgan fingerprint density at radius 2 is 2.06 bits per heavy atom. The third kappa shape index (κ3) is 4.16. The summed E-state index contributed by atoms with van der Waals surface area (Å²) in [6, 6.07) is 5.46. The van der Waals surface area contributed by atoms with E-state index in [0.29, 0.717) is 22.7 Å². The number of allylic oxidation sites excluding steroid dienone is 1. The molecular weight excluding hydrogens is 440 g/mol. The molecule has 2 aromatic heterocycles. The fourth-order valence-corrected chi connectivity index (χ4v) is 5.38. The minimum Gasteiger partial charge on any atom is -0.494 e. The first-order valence-corrected chi connectivity index (χ1v) is 11.9. The minimum absolute atomic E-state index is 0.0784. The lowest BCUT2D eigenvalue weighted by Gasteiger charge is -2.20. The van der Waals surface area contributed by atoms with E-state index in [0.717, 1.165) is 59.4 Å². The Labute approximate surface area is 197 Å². The van der Waals surface area contributed by atoms with Gasteiger partial charge in [-0.1, -0.05) is 17.7 Å². The summed E-state index contributed by atoms with van der Waals surface area (Å²) in [6.07, 6.45) is 5.31. The van der Waals surface area contributed by atoms with Gasteiger partial charge in [-0.25, -0.2) is 0 Å². The van der Waals surface area contributed by atoms with Crippen molar-refractivity contribution in [1.29, 1.82) is 0 Å². The molecule has 1 aliphatic carbocycles. The molecule has 3 aromatic rings. The molecule has 7 nitrogen and oxygen atoms in total. The number of aromatic hydroxyl groups is 1. The van der Waals surface area contributed by atoms with Crippen LogP contribution in [0, 0.1) is 6.92 Å². The summed E-state index contributed by atoms with van der Waals surface area (Å²) in [5, 5.41) is 25.4. The molecule has 1 amide bonds. The number of aryl methyl sites for hydroxylation is 1. The zero-order valence-corrected chi connectivity index (χ0v) is 19.4. The highest BCUT2D eigenvalue weighted by Gasteiger charge is 2.28. The molecule has 1 aromatic carbocycles. The molecule has 33 heavy (non-hydrogen) atoms. The van der Waals surface area contributed by atoms with Crippen molar-refractivity contribution in [2.24, 2.45) is 0 Å². The normalized spacial score (nSPS) is 17.2. The summed E-state index contributed by atoms with van der Waals surface area (Å²) in [7, 11) is 0. The second-order valence-corrected chi connectivity index (χ2v) is 9.48. The number of nitrogens with zero attached hydrogens (tertiary/aromatic N) is 1. The van der Waals surface area contributed by atoms with E-state index in [1.54, 1.807) is 6.07 Å². The number of benzene rings is 1. The molecule has 5 N–H and O–H groups in total. The molecule has 0 saturated carbocycles. The van der Waals surface area contributed by atoms with Crippen molar-refractivity contribution >= 4 is 34.0 Å². The first-order chi connectivity index (χ1) is 15.9. The average Bonchev–Trinajstić information content (AvgIpc) is 3.48. The molecule has 0 radical (unpaired) electrons. The zero-order valence-electron chi connectivity index (χ0n) is 18.7. The van der Waals surface area contributed by atoms with Gasteiger partial charge in [0, 0.05) is 40.3 Å². The highest BCUT2D eigenvalue weighted by atomic mass is 35.5. The fraction of sp³-hybridized carbons (Fsp3) is 0.400. The number of amides is 1. The van der Waals surface area contributed by atoms with Crippen molar-refractivity contribution in [1.82, 2.24) is 20.2 Å². The highest BCUT2D eigenvalue weighted by Crippen LogP contribution is 2.41. The molecule has 1 aliphatic heterocycles. The summed E-state index contributed by atoms with van der Waals surface area (Å²) >= 11 is 6.22. The van der Waals surface area contributed by atoms with Gasteiger partial charge in [0.1, 0.15) is 0 Å². The topological polar surface area (TPSA) is 104 Å². The van der Waals surface area contributed by atoms with E-state index < -0.39 is 6.10 Å². The number of β-amino-alcohol motifs (C(OH)–C–C–N with tert-alkyl or cyclic N) is 1. The summed E-state index contributed by atoms with van der Waals surface area (Å²) in [5.41, 5.74) is 5.53. The number of hydrogen-bond acceptors (Lipinski definition) is 4. The summed E-state index contributed by atoms with van der Waals surface area (Å²) < 4.78 is 0. The van der Waals surface area contributed by atoms with Crippen LogP contribution in [0.2, 0.25) is 5.02 Å². The molecule has 174 valence electrons. The first-order valence-electron chi connectivity index (χ1n) is 11.5. The van der Waals surface area contributed by atoms with E-state index in [9.17, 15) is 15.0 Å². The molecular formula is C25H29ClN4O3. The molecule has 1 unspecified atom stereocenters. The van der Waals surface area contributed by atoms with Crippen molar-refractivity contribution in [2.75, 3.05) is 26.2 Å². The van der Waals surface area contributed by atoms with Crippen LogP contribution in [0.25, 0.3) is 16.5 Å². The van der Waals surface area contributed by atoms with Crippen LogP contribution in [0.5, 0.6) is 5.88 Å². The Morgan fingerprint density at radius 3 is 2.85 bits per heavy atom. The zero-order chi connectivity index (χ0) is 23.1. The van der Waals surface area contributed by atoms with Gasteiger partial charge >= 0.3 is 0 Å². The standard InChI is InChI=1S/C25H29ClN4O3/c1-14-21(24(32)27-12-16(31)13-30-9-2-3-10-30)17-5-4-6-18(23(17)28-14)22-19-11-15(26)7-8-20(19)29-25(22)33/h6-8,11,16,28-29,31,33H,2-5,9-10,12-13H2,1H3,(H,27,32). The van der Waals surface area contributed by atoms with Crippen LogP contribution in [0.3, 0.4) is 0 Å². The maximum absolute atomic E-state index is 13.1. The van der Waals surface area contributed by atoms with Crippen LogP contribution in [-0.2, 0) is 6.42 Å². The lowest BCUT2D eigenvalue weighted by atomic mass is 9.89. The predicted molar refractivity (Wildman–Crippen MR) is 130 cm³/mol. The molecule has 0 spiro atoms. The number of carbonyl (C=O) groups excluding carboxylic acids is 1. The largest absolute Gasteiger partial charge is 0.494 e. The molecule has 1 saturated heterocycles. The third-order valence-corrected chi connectivity index (χ3v) is 6.94. The number of fused-ring (bicyclic) bond motifs is 2. The van der Waals surface area contributed by atoms with Crippen LogP contribution >= 0.6 is 11.6 Å². The quantitative estimate of drug-likeness (QED) is 0.380. The second-order valence-electron chi connectivity index (χ2n) is 9.05. The summed E-state index contributed by atoms with van der Waals surface area (Å²) in [4.78, 5) is 21.7. The van der Waals surface area contributed by atoms with Crippen molar-refractivity contribution in [3.05, 3.63) is 57.4 Å². The van der Waals surface area contributed by atoms with Crippen LogP contribution in [0.4, 0.5) is 0 Å². The van der Waals surface area contributed by atoms with E-state index in [1.807, 2.05) is 19.1 Å². The van der Waals surface area contributed by atoms with Crippen LogP contribution in [-0.4, -0.2) is 63.3 Å². The first kappa shape index (κ1) is 22.1. The lowest BCUT2D eigenvalue weighted by molar-refractivity contribution is 0.0878. The predicted octanol–water partition coefficient (Wildman–Crippen LogP) is 3.73. The Balaban J connectivity index is 1.40. The van der Waals surface area contributed by atoms with E-state index in [-0.39, 0.29) is 18.3 Å². The molecule has 3 heterocycles. The highest BCUT2D eigenvalue weighted by molar-refractivity contribution is 6.31. The second kappa shape index (κ2) is 8.89. The fourth-order valence-electron chi connectivity index (χ4n) is 5.20. The number of aliphatic hydroxyl groups is 1. The molecule has 2 aliphatic rings. The van der Waals surface area contributed by atoms with Crippen LogP contribution < -0.4 is 5.32 Å². The van der Waals surface area contributed by atoms with Crippen LogP contribution in [0.1, 0.15) is 52.1 Å². The average molecular weight is 469 g/mol. The van der Waals surface area contributed by atoms with Gasteiger partial charge in [-0.3, -0.25) is 4.79 Å². The Bertz CT molecular complexity index is 1240. The smallest absolute Gasteiger partial charge is 0.253 e. The Kier molecular flexibility index (Phi) is 5.95. The maximum Gasteiger partial charge on any atom is 0.253 e. The number of nitrogens with one attached hydrogen (secondary N) is 3. The van der Waals surface area contributed by atoms with Gasteiger partial charge in [0.25, 0.3) is 5.91 Å². The SMILES string of the molecule is Cc1[nH]c2c(c1C(=O)NCC(O)CN1CCCC1)CCC=C2c1c(O)[nH]c2ccc(Cl)cc12. The van der Waals surface area contributed by atoms with Crippen molar-refractivity contribution in [3.63, 3.8) is 0 Å². The minimum atomic E-state index is -0.592. The maximum atomic E-state index is 13.1.